The summed E-state index contributed by atoms with van der Waals surface area (Å²) in [5, 5.41) is 8.47. The maximum atomic E-state index is 11.7. The molecule has 2 aromatic carbocycles. The Balaban J connectivity index is 2.06. The van der Waals surface area contributed by atoms with Crippen molar-refractivity contribution < 1.29 is 19.4 Å². The van der Waals surface area contributed by atoms with Crippen LogP contribution in [-0.4, -0.2) is 16.9 Å². The lowest BCUT2D eigenvalue weighted by Gasteiger charge is -2.06. The van der Waals surface area contributed by atoms with Gasteiger partial charge in [0.05, 0.1) is 0 Å². The number of benzene rings is 2. The van der Waals surface area contributed by atoms with E-state index in [9.17, 15) is 9.59 Å². The van der Waals surface area contributed by atoms with Crippen molar-refractivity contribution >= 4 is 27.7 Å². The third-order valence-electron chi connectivity index (χ3n) is 2.57. The number of ether oxygens (including phenoxy) is 1. The molecule has 0 radical (unpaired) electrons. The van der Waals surface area contributed by atoms with Crippen LogP contribution in [0, 0.1) is 0 Å². The summed E-state index contributed by atoms with van der Waals surface area (Å²) in [6.45, 7) is 0. The molecular weight excluding hydrogens is 336 g/mol. The van der Waals surface area contributed by atoms with Crippen LogP contribution in [-0.2, 0) is 4.79 Å². The zero-order chi connectivity index (χ0) is 15.2. The first-order valence-corrected chi connectivity index (χ1v) is 6.83. The molecule has 2 rings (SSSR count). The summed E-state index contributed by atoms with van der Waals surface area (Å²) in [5.74, 6) is -0.245. The van der Waals surface area contributed by atoms with Crippen LogP contribution in [0.1, 0.15) is 10.4 Å². The Kier molecular flexibility index (Phi) is 4.90. The van der Waals surface area contributed by atoms with Gasteiger partial charge < -0.3 is 9.84 Å². The Morgan fingerprint density at radius 1 is 0.905 bits per heavy atom. The lowest BCUT2D eigenvalue weighted by molar-refractivity contribution is -0.131. The molecule has 4 nitrogen and oxygen atoms in total. The first-order chi connectivity index (χ1) is 10.0. The summed E-state index contributed by atoms with van der Waals surface area (Å²) in [4.78, 5) is 22.0. The molecule has 0 bridgehead atoms. The van der Waals surface area contributed by atoms with Crippen molar-refractivity contribution in [1.29, 1.82) is 0 Å². The quantitative estimate of drug-likeness (QED) is 0.654. The maximum absolute atomic E-state index is 11.7. The van der Waals surface area contributed by atoms with Crippen LogP contribution in [0.2, 0.25) is 0 Å². The first kappa shape index (κ1) is 15.0. The van der Waals surface area contributed by atoms with E-state index in [1.807, 2.05) is 24.3 Å². The Labute approximate surface area is 129 Å². The fraction of sp³-hybridized carbons (Fsp3) is 0. The van der Waals surface area contributed by atoms with Crippen LogP contribution in [0.4, 0.5) is 0 Å². The van der Waals surface area contributed by atoms with E-state index in [0.717, 1.165) is 16.6 Å². The molecule has 21 heavy (non-hydrogen) atoms. The van der Waals surface area contributed by atoms with E-state index >= 15 is 0 Å². The zero-order valence-corrected chi connectivity index (χ0v) is 12.4. The number of carboxylic acids is 1. The van der Waals surface area contributed by atoms with Crippen LogP contribution in [0.3, 0.4) is 0 Å². The Morgan fingerprint density at radius 2 is 1.43 bits per heavy atom. The molecule has 1 N–H and O–H groups in total. The highest BCUT2D eigenvalue weighted by Crippen LogP contribution is 2.23. The summed E-state index contributed by atoms with van der Waals surface area (Å²) >= 11 is 3.34. The third kappa shape index (κ3) is 4.57. The third-order valence-corrected chi connectivity index (χ3v) is 3.09. The summed E-state index contributed by atoms with van der Waals surface area (Å²) in [6, 6.07) is 13.9. The molecule has 0 saturated heterocycles. The van der Waals surface area contributed by atoms with Gasteiger partial charge in [0.25, 0.3) is 0 Å². The number of carbonyl (C=O) groups is 2. The molecule has 0 aliphatic rings. The van der Waals surface area contributed by atoms with Gasteiger partial charge in [-0.05, 0) is 54.6 Å². The van der Waals surface area contributed by atoms with Crippen LogP contribution >= 0.6 is 15.9 Å². The first-order valence-electron chi connectivity index (χ1n) is 6.03. The van der Waals surface area contributed by atoms with Crippen molar-refractivity contribution in [3.8, 4) is 11.5 Å². The zero-order valence-electron chi connectivity index (χ0n) is 10.8. The van der Waals surface area contributed by atoms with E-state index in [1.54, 1.807) is 24.3 Å². The second kappa shape index (κ2) is 6.85. The van der Waals surface area contributed by atoms with Crippen LogP contribution in [0.5, 0.6) is 11.5 Å². The number of halogens is 1. The topological polar surface area (TPSA) is 63.6 Å². The van der Waals surface area contributed by atoms with Gasteiger partial charge in [-0.1, -0.05) is 15.9 Å². The number of hydrogen-bond acceptors (Lipinski definition) is 3. The predicted octanol–water partition coefficient (Wildman–Crippen LogP) is 4.06. The summed E-state index contributed by atoms with van der Waals surface area (Å²) in [7, 11) is 0. The van der Waals surface area contributed by atoms with E-state index < -0.39 is 5.97 Å². The molecule has 0 aliphatic carbocycles. The van der Waals surface area contributed by atoms with Gasteiger partial charge in [-0.3, -0.25) is 4.79 Å². The van der Waals surface area contributed by atoms with Gasteiger partial charge in [-0.2, -0.15) is 0 Å². The maximum Gasteiger partial charge on any atom is 0.328 e. The van der Waals surface area contributed by atoms with E-state index in [1.165, 1.54) is 0 Å². The number of aliphatic carboxylic acids is 1. The lowest BCUT2D eigenvalue weighted by atomic mass is 10.1. The average molecular weight is 347 g/mol. The average Bonchev–Trinajstić information content (AvgIpc) is 2.48. The van der Waals surface area contributed by atoms with Gasteiger partial charge in [-0.15, -0.1) is 0 Å². The van der Waals surface area contributed by atoms with Crippen LogP contribution in [0.15, 0.2) is 65.2 Å². The molecule has 0 aromatic heterocycles. The normalized spacial score (nSPS) is 10.5. The fourth-order valence-electron chi connectivity index (χ4n) is 1.57. The summed E-state index contributed by atoms with van der Waals surface area (Å²) < 4.78 is 6.58. The largest absolute Gasteiger partial charge is 0.478 e. The van der Waals surface area contributed by atoms with Gasteiger partial charge in [0.2, 0.25) is 0 Å². The summed E-state index contributed by atoms with van der Waals surface area (Å²) in [5.41, 5.74) is 0.399. The fourth-order valence-corrected chi connectivity index (χ4v) is 1.83. The number of hydrogen-bond donors (Lipinski definition) is 1. The molecular formula is C16H11BrO4. The second-order valence-electron chi connectivity index (χ2n) is 4.12. The number of ketones is 1. The molecule has 2 aromatic rings. The standard InChI is InChI=1S/C16H11BrO4/c17-12-3-7-14(8-4-12)21-13-5-1-11(2-6-13)15(18)9-10-16(19)20/h1-10H,(H,19,20)/b10-9+. The van der Waals surface area contributed by atoms with Crippen LogP contribution < -0.4 is 4.74 Å². The van der Waals surface area contributed by atoms with Crippen molar-refractivity contribution in [2.45, 2.75) is 0 Å². The monoisotopic (exact) mass is 346 g/mol. The van der Waals surface area contributed by atoms with Gasteiger partial charge in [0, 0.05) is 16.1 Å². The Bertz CT molecular complexity index is 672. The van der Waals surface area contributed by atoms with Crippen molar-refractivity contribution in [2.24, 2.45) is 0 Å². The highest BCUT2D eigenvalue weighted by molar-refractivity contribution is 9.10. The van der Waals surface area contributed by atoms with Gasteiger partial charge in [0.15, 0.2) is 5.78 Å². The predicted molar refractivity (Wildman–Crippen MR) is 81.8 cm³/mol. The number of allylic oxidation sites excluding steroid dienone is 1. The molecule has 0 heterocycles. The van der Waals surface area contributed by atoms with Crippen molar-refractivity contribution in [3.05, 3.63) is 70.7 Å². The minimum atomic E-state index is -1.15. The Hall–Kier alpha value is -2.40. The van der Waals surface area contributed by atoms with Crippen molar-refractivity contribution in [1.82, 2.24) is 0 Å². The van der Waals surface area contributed by atoms with E-state index in [2.05, 4.69) is 15.9 Å². The highest BCUT2D eigenvalue weighted by atomic mass is 79.9. The molecule has 0 saturated carbocycles. The van der Waals surface area contributed by atoms with E-state index in [4.69, 9.17) is 9.84 Å². The Morgan fingerprint density at radius 3 is 1.95 bits per heavy atom. The van der Waals surface area contributed by atoms with Gasteiger partial charge >= 0.3 is 5.97 Å². The minimum Gasteiger partial charge on any atom is -0.478 e. The van der Waals surface area contributed by atoms with Gasteiger partial charge in [0.1, 0.15) is 11.5 Å². The number of carbonyl (C=O) groups excluding carboxylic acids is 1. The SMILES string of the molecule is O=C(O)/C=C/C(=O)c1ccc(Oc2ccc(Br)cc2)cc1. The molecule has 0 fully saturated rings. The van der Waals surface area contributed by atoms with Crippen molar-refractivity contribution in [3.63, 3.8) is 0 Å². The smallest absolute Gasteiger partial charge is 0.328 e. The lowest BCUT2D eigenvalue weighted by Crippen LogP contribution is -1.96. The number of rotatable bonds is 5. The molecule has 0 atom stereocenters. The van der Waals surface area contributed by atoms with E-state index in [-0.39, 0.29) is 5.78 Å². The molecule has 106 valence electrons. The van der Waals surface area contributed by atoms with Crippen molar-refractivity contribution in [2.75, 3.05) is 0 Å². The van der Waals surface area contributed by atoms with Gasteiger partial charge in [-0.25, -0.2) is 4.79 Å². The molecule has 5 heteroatoms. The summed E-state index contributed by atoms with van der Waals surface area (Å²) in [6.07, 6.45) is 1.83. The van der Waals surface area contributed by atoms with Crippen LogP contribution in [0.25, 0.3) is 0 Å². The molecule has 0 aliphatic heterocycles. The number of carboxylic acid groups (broad SMARTS) is 1. The molecule has 0 spiro atoms. The molecule has 0 amide bonds. The second-order valence-corrected chi connectivity index (χ2v) is 5.03. The molecule has 0 unspecified atom stereocenters. The highest BCUT2D eigenvalue weighted by Gasteiger charge is 2.03. The minimum absolute atomic E-state index is 0.368. The van der Waals surface area contributed by atoms with E-state index in [0.29, 0.717) is 17.1 Å².